The minimum Gasteiger partial charge on any atom is -0.467 e. The van der Waals surface area contributed by atoms with E-state index in [1.807, 2.05) is 0 Å². The van der Waals surface area contributed by atoms with E-state index in [-0.39, 0.29) is 17.8 Å². The summed E-state index contributed by atoms with van der Waals surface area (Å²) >= 11 is 0. The van der Waals surface area contributed by atoms with Crippen molar-refractivity contribution in [3.63, 3.8) is 0 Å². The molecule has 1 heterocycles. The van der Waals surface area contributed by atoms with Crippen LogP contribution in [-0.4, -0.2) is 36.6 Å². The maximum absolute atomic E-state index is 12.1. The standard InChI is InChI=1S/C14H13NO5/c1-8(16)7-11(14(19)20-2)15-10-6-4-3-5-9(10)12(17)13(15)18/h3-6,11H,7H2,1-2H3. The number of benzene rings is 1. The summed E-state index contributed by atoms with van der Waals surface area (Å²) in [6.45, 7) is 1.31. The third-order valence-electron chi connectivity index (χ3n) is 3.09. The number of carbonyl (C=O) groups is 4. The van der Waals surface area contributed by atoms with Crippen LogP contribution in [0.3, 0.4) is 0 Å². The zero-order chi connectivity index (χ0) is 14.9. The molecule has 20 heavy (non-hydrogen) atoms. The Morgan fingerprint density at radius 2 is 1.90 bits per heavy atom. The van der Waals surface area contributed by atoms with Crippen LogP contribution in [-0.2, 0) is 19.1 Å². The highest BCUT2D eigenvalue weighted by molar-refractivity contribution is 6.52. The van der Waals surface area contributed by atoms with Crippen molar-refractivity contribution < 1.29 is 23.9 Å². The van der Waals surface area contributed by atoms with Crippen LogP contribution in [0.1, 0.15) is 23.7 Å². The Kier molecular flexibility index (Phi) is 3.65. The molecule has 0 spiro atoms. The first kappa shape index (κ1) is 13.9. The fourth-order valence-corrected chi connectivity index (χ4v) is 2.21. The number of amides is 1. The predicted molar refractivity (Wildman–Crippen MR) is 69.4 cm³/mol. The second kappa shape index (κ2) is 5.24. The molecule has 6 heteroatoms. The lowest BCUT2D eigenvalue weighted by atomic mass is 10.1. The molecule has 0 bridgehead atoms. The molecule has 0 radical (unpaired) electrons. The van der Waals surface area contributed by atoms with Gasteiger partial charge >= 0.3 is 5.97 Å². The summed E-state index contributed by atoms with van der Waals surface area (Å²) in [6, 6.07) is 5.25. The molecule has 0 N–H and O–H groups in total. The van der Waals surface area contributed by atoms with Gasteiger partial charge in [-0.25, -0.2) is 4.79 Å². The van der Waals surface area contributed by atoms with Crippen LogP contribution >= 0.6 is 0 Å². The maximum atomic E-state index is 12.1. The van der Waals surface area contributed by atoms with Gasteiger partial charge in [-0.1, -0.05) is 12.1 Å². The van der Waals surface area contributed by atoms with Gasteiger partial charge in [-0.05, 0) is 19.1 Å². The summed E-state index contributed by atoms with van der Waals surface area (Å²) in [6.07, 6.45) is -0.194. The number of rotatable bonds is 4. The number of anilines is 1. The largest absolute Gasteiger partial charge is 0.467 e. The molecular weight excluding hydrogens is 262 g/mol. The fraction of sp³-hybridized carbons (Fsp3) is 0.286. The van der Waals surface area contributed by atoms with Crippen LogP contribution in [0.2, 0.25) is 0 Å². The Morgan fingerprint density at radius 3 is 2.50 bits per heavy atom. The normalized spacial score (nSPS) is 15.0. The van der Waals surface area contributed by atoms with Crippen LogP contribution in [0.25, 0.3) is 0 Å². The van der Waals surface area contributed by atoms with Gasteiger partial charge in [0.1, 0.15) is 11.8 Å². The number of Topliss-reactive ketones (excluding diaryl/α,β-unsaturated/α-hetero) is 2. The van der Waals surface area contributed by atoms with Crippen molar-refractivity contribution in [3.8, 4) is 0 Å². The molecule has 1 atom stereocenters. The summed E-state index contributed by atoms with van der Waals surface area (Å²) in [5.41, 5.74) is 0.564. The van der Waals surface area contributed by atoms with E-state index in [0.29, 0.717) is 5.69 Å². The van der Waals surface area contributed by atoms with Crippen molar-refractivity contribution in [2.45, 2.75) is 19.4 Å². The predicted octanol–water partition coefficient (Wildman–Crippen LogP) is 0.737. The van der Waals surface area contributed by atoms with Gasteiger partial charge in [-0.3, -0.25) is 19.3 Å². The quantitative estimate of drug-likeness (QED) is 0.598. The van der Waals surface area contributed by atoms with Crippen molar-refractivity contribution >= 4 is 29.1 Å². The number of carbonyl (C=O) groups excluding carboxylic acids is 4. The van der Waals surface area contributed by atoms with Crippen LogP contribution in [0.4, 0.5) is 5.69 Å². The Balaban J connectivity index is 2.48. The maximum Gasteiger partial charge on any atom is 0.329 e. The highest BCUT2D eigenvalue weighted by Gasteiger charge is 2.43. The first-order valence-electron chi connectivity index (χ1n) is 6.01. The van der Waals surface area contributed by atoms with Crippen molar-refractivity contribution in [1.29, 1.82) is 0 Å². The molecule has 0 aromatic heterocycles. The second-order valence-corrected chi connectivity index (χ2v) is 4.47. The molecule has 0 saturated carbocycles. The molecule has 0 saturated heterocycles. The lowest BCUT2D eigenvalue weighted by Crippen LogP contribution is -2.46. The Bertz CT molecular complexity index is 607. The van der Waals surface area contributed by atoms with Crippen LogP contribution < -0.4 is 4.90 Å². The SMILES string of the molecule is COC(=O)C(CC(C)=O)N1C(=O)C(=O)c2ccccc21. The first-order chi connectivity index (χ1) is 9.47. The zero-order valence-corrected chi connectivity index (χ0v) is 11.1. The minimum atomic E-state index is -1.11. The number of nitrogens with zero attached hydrogens (tertiary/aromatic N) is 1. The molecule has 1 aliphatic heterocycles. The number of ether oxygens (including phenoxy) is 1. The van der Waals surface area contributed by atoms with E-state index in [9.17, 15) is 19.2 Å². The highest BCUT2D eigenvalue weighted by atomic mass is 16.5. The zero-order valence-electron chi connectivity index (χ0n) is 11.1. The lowest BCUT2D eigenvalue weighted by Gasteiger charge is -2.24. The summed E-state index contributed by atoms with van der Waals surface area (Å²) in [7, 11) is 1.17. The van der Waals surface area contributed by atoms with E-state index in [1.54, 1.807) is 18.2 Å². The first-order valence-corrected chi connectivity index (χ1v) is 6.01. The highest BCUT2D eigenvalue weighted by Crippen LogP contribution is 2.31. The average molecular weight is 275 g/mol. The van der Waals surface area contributed by atoms with Crippen LogP contribution in [0.5, 0.6) is 0 Å². The number of methoxy groups -OCH3 is 1. The van der Waals surface area contributed by atoms with Crippen molar-refractivity contribution in [2.75, 3.05) is 12.0 Å². The van der Waals surface area contributed by atoms with Gasteiger partial charge in [0.2, 0.25) is 0 Å². The topological polar surface area (TPSA) is 80.8 Å². The lowest BCUT2D eigenvalue weighted by molar-refractivity contribution is -0.144. The van der Waals surface area contributed by atoms with Gasteiger partial charge in [0.15, 0.2) is 0 Å². The molecule has 1 aliphatic rings. The van der Waals surface area contributed by atoms with E-state index >= 15 is 0 Å². The smallest absolute Gasteiger partial charge is 0.329 e. The summed E-state index contributed by atoms with van der Waals surface area (Å²) in [5, 5.41) is 0. The number of para-hydroxylation sites is 1. The Hall–Kier alpha value is -2.50. The summed E-state index contributed by atoms with van der Waals surface area (Å²) in [5.74, 6) is -2.50. The molecule has 0 aliphatic carbocycles. The van der Waals surface area contributed by atoms with Crippen LogP contribution in [0.15, 0.2) is 24.3 Å². The number of hydrogen-bond donors (Lipinski definition) is 0. The molecule has 1 amide bonds. The van der Waals surface area contributed by atoms with Gasteiger partial charge < -0.3 is 4.74 Å². The van der Waals surface area contributed by atoms with E-state index in [1.165, 1.54) is 20.1 Å². The third-order valence-corrected chi connectivity index (χ3v) is 3.09. The van der Waals surface area contributed by atoms with Gasteiger partial charge in [-0.2, -0.15) is 0 Å². The molecular formula is C14H13NO5. The van der Waals surface area contributed by atoms with Crippen molar-refractivity contribution in [1.82, 2.24) is 0 Å². The van der Waals surface area contributed by atoms with E-state index in [2.05, 4.69) is 4.74 Å². The molecule has 1 unspecified atom stereocenters. The molecule has 1 aromatic rings. The van der Waals surface area contributed by atoms with Crippen molar-refractivity contribution in [3.05, 3.63) is 29.8 Å². The number of hydrogen-bond acceptors (Lipinski definition) is 5. The Morgan fingerprint density at radius 1 is 1.25 bits per heavy atom. The van der Waals surface area contributed by atoms with Gasteiger partial charge in [0.05, 0.1) is 18.4 Å². The Labute approximate surface area is 115 Å². The van der Waals surface area contributed by atoms with Gasteiger partial charge in [-0.15, -0.1) is 0 Å². The monoisotopic (exact) mass is 275 g/mol. The van der Waals surface area contributed by atoms with Crippen molar-refractivity contribution in [2.24, 2.45) is 0 Å². The average Bonchev–Trinajstić information content (AvgIpc) is 2.68. The second-order valence-electron chi connectivity index (χ2n) is 4.47. The molecule has 1 aromatic carbocycles. The van der Waals surface area contributed by atoms with Crippen LogP contribution in [0, 0.1) is 0 Å². The molecule has 2 rings (SSSR count). The van der Waals surface area contributed by atoms with E-state index in [4.69, 9.17) is 0 Å². The molecule has 0 fully saturated rings. The minimum absolute atomic E-state index is 0.194. The van der Waals surface area contributed by atoms with Gasteiger partial charge in [0, 0.05) is 6.42 Å². The summed E-state index contributed by atoms with van der Waals surface area (Å²) in [4.78, 5) is 48.1. The summed E-state index contributed by atoms with van der Waals surface area (Å²) < 4.78 is 4.63. The number of ketones is 2. The fourth-order valence-electron chi connectivity index (χ4n) is 2.21. The van der Waals surface area contributed by atoms with E-state index in [0.717, 1.165) is 4.90 Å². The molecule has 104 valence electrons. The van der Waals surface area contributed by atoms with Gasteiger partial charge in [0.25, 0.3) is 11.7 Å². The molecule has 6 nitrogen and oxygen atoms in total. The third kappa shape index (κ3) is 2.20. The van der Waals surface area contributed by atoms with E-state index < -0.39 is 23.7 Å². The number of esters is 1. The number of fused-ring (bicyclic) bond motifs is 1.